The first-order valence-electron chi connectivity index (χ1n) is 9.74. The minimum Gasteiger partial charge on any atom is -0.338 e. The van der Waals surface area contributed by atoms with Crippen molar-refractivity contribution in [3.63, 3.8) is 0 Å². The largest absolute Gasteiger partial charge is 0.338 e. The molecule has 4 rings (SSSR count). The Kier molecular flexibility index (Phi) is 4.81. The van der Waals surface area contributed by atoms with Gasteiger partial charge >= 0.3 is 0 Å². The van der Waals surface area contributed by atoms with Gasteiger partial charge in [0, 0.05) is 38.1 Å². The van der Waals surface area contributed by atoms with Crippen LogP contribution in [0.1, 0.15) is 43.6 Å². The van der Waals surface area contributed by atoms with E-state index in [1.165, 1.54) is 12.0 Å². The summed E-state index contributed by atoms with van der Waals surface area (Å²) in [7, 11) is 1.92. The van der Waals surface area contributed by atoms with Crippen LogP contribution in [0.5, 0.6) is 0 Å². The summed E-state index contributed by atoms with van der Waals surface area (Å²) in [6.07, 6.45) is 7.06. The van der Waals surface area contributed by atoms with Crippen molar-refractivity contribution in [2.45, 2.75) is 51.4 Å². The van der Waals surface area contributed by atoms with E-state index in [1.54, 1.807) is 0 Å². The van der Waals surface area contributed by atoms with Crippen LogP contribution >= 0.6 is 0 Å². The Morgan fingerprint density at radius 2 is 2.12 bits per heavy atom. The highest BCUT2D eigenvalue weighted by Crippen LogP contribution is 2.45. The SMILES string of the molecule is CCn1ccnc1CN(C)C(=O)[C@H]1C[C@@H](c2ccccc2)N2CCC[C@H]12. The molecule has 138 valence electrons. The average molecular weight is 352 g/mol. The van der Waals surface area contributed by atoms with Gasteiger partial charge in [0.2, 0.25) is 5.91 Å². The molecule has 0 N–H and O–H groups in total. The second-order valence-electron chi connectivity index (χ2n) is 7.54. The van der Waals surface area contributed by atoms with E-state index >= 15 is 0 Å². The van der Waals surface area contributed by atoms with Gasteiger partial charge in [-0.1, -0.05) is 30.3 Å². The summed E-state index contributed by atoms with van der Waals surface area (Å²) in [6, 6.07) is 11.4. The molecule has 26 heavy (non-hydrogen) atoms. The maximum Gasteiger partial charge on any atom is 0.227 e. The highest BCUT2D eigenvalue weighted by atomic mass is 16.2. The summed E-state index contributed by atoms with van der Waals surface area (Å²) < 4.78 is 2.10. The molecule has 3 atom stereocenters. The summed E-state index contributed by atoms with van der Waals surface area (Å²) in [5.74, 6) is 1.33. The number of carbonyl (C=O) groups is 1. The van der Waals surface area contributed by atoms with Gasteiger partial charge in [-0.15, -0.1) is 0 Å². The number of carbonyl (C=O) groups excluding carboxylic acids is 1. The van der Waals surface area contributed by atoms with E-state index in [0.29, 0.717) is 18.6 Å². The Bertz CT molecular complexity index is 756. The molecule has 0 radical (unpaired) electrons. The molecule has 3 heterocycles. The van der Waals surface area contributed by atoms with Gasteiger partial charge < -0.3 is 9.47 Å². The first-order chi connectivity index (χ1) is 12.7. The van der Waals surface area contributed by atoms with Crippen molar-refractivity contribution >= 4 is 5.91 Å². The summed E-state index contributed by atoms with van der Waals surface area (Å²) in [5.41, 5.74) is 1.35. The Morgan fingerprint density at radius 1 is 1.31 bits per heavy atom. The van der Waals surface area contributed by atoms with E-state index < -0.39 is 0 Å². The van der Waals surface area contributed by atoms with Gasteiger partial charge in [-0.2, -0.15) is 0 Å². The van der Waals surface area contributed by atoms with Crippen LogP contribution in [0.25, 0.3) is 0 Å². The van der Waals surface area contributed by atoms with Crippen molar-refractivity contribution in [2.75, 3.05) is 13.6 Å². The van der Waals surface area contributed by atoms with Crippen molar-refractivity contribution in [1.82, 2.24) is 19.4 Å². The van der Waals surface area contributed by atoms with Crippen LogP contribution in [-0.4, -0.2) is 44.9 Å². The van der Waals surface area contributed by atoms with Gasteiger partial charge in [0.05, 0.1) is 12.5 Å². The molecule has 2 saturated heterocycles. The third-order valence-corrected chi connectivity index (χ3v) is 6.08. The summed E-state index contributed by atoms with van der Waals surface area (Å²) in [6.45, 7) is 4.68. The van der Waals surface area contributed by atoms with Crippen LogP contribution in [0.15, 0.2) is 42.7 Å². The molecule has 0 saturated carbocycles. The molecule has 2 aliphatic rings. The van der Waals surface area contributed by atoms with Gasteiger partial charge in [0.15, 0.2) is 0 Å². The van der Waals surface area contributed by atoms with Crippen LogP contribution in [0.3, 0.4) is 0 Å². The molecule has 0 spiro atoms. The number of benzene rings is 1. The first-order valence-corrected chi connectivity index (χ1v) is 9.74. The van der Waals surface area contributed by atoms with Crippen molar-refractivity contribution in [3.8, 4) is 0 Å². The zero-order valence-electron chi connectivity index (χ0n) is 15.7. The van der Waals surface area contributed by atoms with Crippen molar-refractivity contribution < 1.29 is 4.79 Å². The summed E-state index contributed by atoms with van der Waals surface area (Å²) >= 11 is 0. The lowest BCUT2D eigenvalue weighted by atomic mass is 9.93. The number of rotatable bonds is 5. The lowest BCUT2D eigenvalue weighted by molar-refractivity contribution is -0.135. The Morgan fingerprint density at radius 3 is 2.88 bits per heavy atom. The minimum absolute atomic E-state index is 0.0951. The van der Waals surface area contributed by atoms with E-state index in [1.807, 2.05) is 24.3 Å². The molecule has 2 aromatic rings. The zero-order valence-corrected chi connectivity index (χ0v) is 15.7. The fourth-order valence-electron chi connectivity index (χ4n) is 4.79. The predicted molar refractivity (Wildman–Crippen MR) is 101 cm³/mol. The monoisotopic (exact) mass is 352 g/mol. The maximum absolute atomic E-state index is 13.3. The minimum atomic E-state index is 0.0951. The fourth-order valence-corrected chi connectivity index (χ4v) is 4.79. The van der Waals surface area contributed by atoms with Crippen LogP contribution in [-0.2, 0) is 17.9 Å². The number of fused-ring (bicyclic) bond motifs is 1. The molecular weight excluding hydrogens is 324 g/mol. The summed E-state index contributed by atoms with van der Waals surface area (Å²) in [4.78, 5) is 22.1. The first kappa shape index (κ1) is 17.3. The number of aryl methyl sites for hydroxylation is 1. The standard InChI is InChI=1S/C21H28N4O/c1-3-24-13-11-22-20(24)15-23(2)21(26)17-14-19(16-8-5-4-6-9-16)25-12-7-10-18(17)25/h4-6,8-9,11,13,17-19H,3,7,10,12,14-15H2,1-2H3/t17-,18+,19-/m0/s1. The molecule has 1 aromatic carbocycles. The third kappa shape index (κ3) is 3.05. The van der Waals surface area contributed by atoms with Gasteiger partial charge in [-0.25, -0.2) is 4.98 Å². The molecule has 0 bridgehead atoms. The number of hydrogen-bond acceptors (Lipinski definition) is 3. The highest BCUT2D eigenvalue weighted by molar-refractivity contribution is 5.80. The maximum atomic E-state index is 13.3. The van der Waals surface area contributed by atoms with Crippen LogP contribution in [0, 0.1) is 5.92 Å². The van der Waals surface area contributed by atoms with Crippen LogP contribution < -0.4 is 0 Å². The number of hydrogen-bond donors (Lipinski definition) is 0. The predicted octanol–water partition coefficient (Wildman–Crippen LogP) is 3.09. The molecule has 0 aliphatic carbocycles. The molecular formula is C21H28N4O. The smallest absolute Gasteiger partial charge is 0.227 e. The normalized spacial score (nSPS) is 25.4. The van der Waals surface area contributed by atoms with E-state index in [9.17, 15) is 4.79 Å². The second kappa shape index (κ2) is 7.23. The molecule has 0 unspecified atom stereocenters. The summed E-state index contributed by atoms with van der Waals surface area (Å²) in [5, 5.41) is 0. The van der Waals surface area contributed by atoms with Gasteiger partial charge in [-0.3, -0.25) is 9.69 Å². The molecule has 2 aliphatic heterocycles. The fraction of sp³-hybridized carbons (Fsp3) is 0.524. The van der Waals surface area contributed by atoms with E-state index in [2.05, 4.69) is 51.7 Å². The van der Waals surface area contributed by atoms with E-state index in [4.69, 9.17) is 0 Å². The molecule has 5 heteroatoms. The van der Waals surface area contributed by atoms with Gasteiger partial charge in [0.25, 0.3) is 0 Å². The van der Waals surface area contributed by atoms with Crippen molar-refractivity contribution in [3.05, 3.63) is 54.1 Å². The van der Waals surface area contributed by atoms with Crippen molar-refractivity contribution in [1.29, 1.82) is 0 Å². The lowest BCUT2D eigenvalue weighted by Gasteiger charge is -2.26. The third-order valence-electron chi connectivity index (χ3n) is 6.08. The number of amides is 1. The molecule has 1 aromatic heterocycles. The number of nitrogens with zero attached hydrogens (tertiary/aromatic N) is 4. The van der Waals surface area contributed by atoms with Gasteiger partial charge in [-0.05, 0) is 38.3 Å². The van der Waals surface area contributed by atoms with Gasteiger partial charge in [0.1, 0.15) is 5.82 Å². The Hall–Kier alpha value is -2.14. The van der Waals surface area contributed by atoms with Crippen LogP contribution in [0.2, 0.25) is 0 Å². The zero-order chi connectivity index (χ0) is 18.1. The Balaban J connectivity index is 1.50. The average Bonchev–Trinajstić information content (AvgIpc) is 3.38. The lowest BCUT2D eigenvalue weighted by Crippen LogP contribution is -2.38. The molecule has 2 fully saturated rings. The van der Waals surface area contributed by atoms with E-state index in [-0.39, 0.29) is 11.8 Å². The van der Waals surface area contributed by atoms with Crippen LogP contribution in [0.4, 0.5) is 0 Å². The van der Waals surface area contributed by atoms with E-state index in [0.717, 1.165) is 31.8 Å². The second-order valence-corrected chi connectivity index (χ2v) is 7.54. The molecule has 5 nitrogen and oxygen atoms in total. The quantitative estimate of drug-likeness (QED) is 0.830. The Labute approximate surface area is 155 Å². The molecule has 1 amide bonds. The number of imidazole rings is 1. The van der Waals surface area contributed by atoms with Crippen molar-refractivity contribution in [2.24, 2.45) is 5.92 Å². The number of aromatic nitrogens is 2. The highest BCUT2D eigenvalue weighted by Gasteiger charge is 2.47. The topological polar surface area (TPSA) is 41.4 Å².